The minimum atomic E-state index is -0.877. The summed E-state index contributed by atoms with van der Waals surface area (Å²) in [5.41, 5.74) is 0. The molecule has 9 aromatic rings. The first kappa shape index (κ1) is 45.3. The third-order valence-electron chi connectivity index (χ3n) is 9.42. The van der Waals surface area contributed by atoms with Gasteiger partial charge < -0.3 is 0 Å². The first-order valence-corrected chi connectivity index (χ1v) is 23.7. The molecular formula is C54H48ClP3Rh+2. The standard InChI is InChI=1S/3C18H15P.ClH.Rh/c3*1-4-10-16(11-5-1)19(17-12-6-2-7-13-17)18-14-8-3-9-15-18;;/h3*1-15H;1H;/p+2. The minimum Gasteiger partial charge on any atom is -0.147 e. The fourth-order valence-electron chi connectivity index (χ4n) is 6.81. The SMILES string of the molecule is Cl.[Rh].c1ccc(P(c2ccccc2)c2ccccc2)cc1.c1ccc([PH+](c2ccccc2)c2ccccc2)cc1.c1ccc([PH+](c2ccccc2)c2ccccc2)cc1. The van der Waals surface area contributed by atoms with Crippen molar-refractivity contribution in [3.05, 3.63) is 273 Å². The Bertz CT molecular complexity index is 1870. The Hall–Kier alpha value is -4.82. The Kier molecular flexibility index (Phi) is 19.1. The fourth-order valence-corrected chi connectivity index (χ4v) is 14.3. The molecule has 0 spiro atoms. The molecule has 293 valence electrons. The maximum absolute atomic E-state index is 2.24. The van der Waals surface area contributed by atoms with Crippen LogP contribution in [0.4, 0.5) is 0 Å². The Balaban J connectivity index is 0.000000165. The van der Waals surface area contributed by atoms with Gasteiger partial charge in [-0.25, -0.2) is 0 Å². The largest absolute Gasteiger partial charge is 0.147 e. The van der Waals surface area contributed by atoms with Crippen LogP contribution >= 0.6 is 36.2 Å². The van der Waals surface area contributed by atoms with Crippen LogP contribution in [0, 0.1) is 0 Å². The summed E-state index contributed by atoms with van der Waals surface area (Å²) in [6.07, 6.45) is 0. The molecule has 0 fully saturated rings. The first-order chi connectivity index (χ1) is 28.3. The number of hydrogen-bond acceptors (Lipinski definition) is 0. The van der Waals surface area contributed by atoms with Gasteiger partial charge >= 0.3 is 0 Å². The molecule has 0 bridgehead atoms. The van der Waals surface area contributed by atoms with Gasteiger partial charge in [0.15, 0.2) is 0 Å². The molecule has 0 aliphatic rings. The molecule has 0 heterocycles. The number of hydrogen-bond donors (Lipinski definition) is 0. The van der Waals surface area contributed by atoms with Crippen molar-refractivity contribution in [2.45, 2.75) is 0 Å². The summed E-state index contributed by atoms with van der Waals surface area (Å²) in [5, 5.41) is 12.8. The zero-order chi connectivity index (χ0) is 38.7. The van der Waals surface area contributed by atoms with Gasteiger partial charge in [0.25, 0.3) is 0 Å². The smallest absolute Gasteiger partial charge is 0.102 e. The minimum absolute atomic E-state index is 0. The van der Waals surface area contributed by atoms with Crippen molar-refractivity contribution in [2.24, 2.45) is 0 Å². The molecule has 0 aliphatic carbocycles. The Morgan fingerprint density at radius 2 is 0.339 bits per heavy atom. The second-order valence-corrected chi connectivity index (χ2v) is 20.5. The summed E-state index contributed by atoms with van der Waals surface area (Å²) in [7, 11) is -2.20. The van der Waals surface area contributed by atoms with Crippen LogP contribution in [0.3, 0.4) is 0 Å². The van der Waals surface area contributed by atoms with E-state index in [9.17, 15) is 0 Å². The molecule has 0 nitrogen and oxygen atoms in total. The van der Waals surface area contributed by atoms with Crippen LogP contribution in [0.15, 0.2) is 273 Å². The zero-order valence-corrected chi connectivity index (χ0v) is 38.0. The molecule has 1 radical (unpaired) electrons. The summed E-state index contributed by atoms with van der Waals surface area (Å²) in [6.45, 7) is 0. The average molecular weight is 928 g/mol. The van der Waals surface area contributed by atoms with E-state index in [0.717, 1.165) is 0 Å². The van der Waals surface area contributed by atoms with E-state index >= 15 is 0 Å². The summed E-state index contributed by atoms with van der Waals surface area (Å²) < 4.78 is 0. The van der Waals surface area contributed by atoms with E-state index in [1.165, 1.54) is 47.7 Å². The van der Waals surface area contributed by atoms with Crippen molar-refractivity contribution in [1.82, 2.24) is 0 Å². The van der Waals surface area contributed by atoms with Crippen LogP contribution in [-0.2, 0) is 19.5 Å². The van der Waals surface area contributed by atoms with Gasteiger partial charge in [0.05, 0.1) is 15.8 Å². The third kappa shape index (κ3) is 13.1. The van der Waals surface area contributed by atoms with E-state index in [2.05, 4.69) is 273 Å². The number of halogens is 1. The Morgan fingerprint density at radius 1 is 0.203 bits per heavy atom. The molecule has 9 rings (SSSR count). The maximum Gasteiger partial charge on any atom is 0.102 e. The van der Waals surface area contributed by atoms with Crippen molar-refractivity contribution in [1.29, 1.82) is 0 Å². The first-order valence-electron chi connectivity index (χ1n) is 19.4. The van der Waals surface area contributed by atoms with Gasteiger partial charge in [0.2, 0.25) is 0 Å². The van der Waals surface area contributed by atoms with Gasteiger partial charge in [0, 0.05) is 19.5 Å². The normalized spacial score (nSPS) is 10.2. The molecule has 0 amide bonds. The quantitative estimate of drug-likeness (QED) is 0.1000. The van der Waals surface area contributed by atoms with Crippen molar-refractivity contribution in [3.63, 3.8) is 0 Å². The molecule has 0 atom stereocenters. The van der Waals surface area contributed by atoms with Gasteiger partial charge in [-0.1, -0.05) is 200 Å². The predicted octanol–water partition coefficient (Wildman–Crippen LogP) is 10.2. The number of rotatable bonds is 9. The molecule has 0 saturated carbocycles. The maximum atomic E-state index is 2.24. The summed E-state index contributed by atoms with van der Waals surface area (Å²) in [6, 6.07) is 97.3. The van der Waals surface area contributed by atoms with Crippen LogP contribution in [0.1, 0.15) is 0 Å². The van der Waals surface area contributed by atoms with Crippen LogP contribution in [-0.4, -0.2) is 0 Å². The van der Waals surface area contributed by atoms with E-state index < -0.39 is 23.8 Å². The van der Waals surface area contributed by atoms with Crippen LogP contribution in [0.25, 0.3) is 0 Å². The van der Waals surface area contributed by atoms with Crippen LogP contribution < -0.4 is 47.7 Å². The Morgan fingerprint density at radius 3 is 0.492 bits per heavy atom. The van der Waals surface area contributed by atoms with Crippen LogP contribution in [0.5, 0.6) is 0 Å². The van der Waals surface area contributed by atoms with Crippen molar-refractivity contribution >= 4 is 83.9 Å². The second kappa shape index (κ2) is 25.0. The van der Waals surface area contributed by atoms with E-state index in [4.69, 9.17) is 0 Å². The summed E-state index contributed by atoms with van der Waals surface area (Å²) in [4.78, 5) is 0. The molecule has 59 heavy (non-hydrogen) atoms. The second-order valence-electron chi connectivity index (χ2n) is 13.3. The van der Waals surface area contributed by atoms with Crippen molar-refractivity contribution < 1.29 is 19.5 Å². The molecule has 5 heteroatoms. The van der Waals surface area contributed by atoms with Gasteiger partial charge in [-0.05, 0) is 96.6 Å². The molecule has 9 aromatic carbocycles. The summed E-state index contributed by atoms with van der Waals surface area (Å²) >= 11 is 0. The van der Waals surface area contributed by atoms with Gasteiger partial charge in [-0.15, -0.1) is 12.4 Å². The third-order valence-corrected chi connectivity index (χ3v) is 17.3. The van der Waals surface area contributed by atoms with Gasteiger partial charge in [-0.3, -0.25) is 0 Å². The monoisotopic (exact) mass is 927 g/mol. The average Bonchev–Trinajstić information content (AvgIpc) is 3.30. The van der Waals surface area contributed by atoms with Crippen molar-refractivity contribution in [2.75, 3.05) is 0 Å². The van der Waals surface area contributed by atoms with Gasteiger partial charge in [-0.2, -0.15) is 0 Å². The molecule has 0 aliphatic heterocycles. The van der Waals surface area contributed by atoms with E-state index in [1.807, 2.05) is 0 Å². The van der Waals surface area contributed by atoms with E-state index in [-0.39, 0.29) is 31.9 Å². The molecular weight excluding hydrogens is 880 g/mol. The van der Waals surface area contributed by atoms with E-state index in [1.54, 1.807) is 0 Å². The van der Waals surface area contributed by atoms with Gasteiger partial charge in [0.1, 0.15) is 31.8 Å². The van der Waals surface area contributed by atoms with Crippen molar-refractivity contribution in [3.8, 4) is 0 Å². The number of benzene rings is 9. The van der Waals surface area contributed by atoms with E-state index in [0.29, 0.717) is 0 Å². The zero-order valence-electron chi connectivity index (χ0n) is 32.7. The molecule has 0 N–H and O–H groups in total. The summed E-state index contributed by atoms with van der Waals surface area (Å²) in [5.74, 6) is 0. The molecule has 0 saturated heterocycles. The topological polar surface area (TPSA) is 0 Å². The fraction of sp³-hybridized carbons (Fsp3) is 0. The van der Waals surface area contributed by atoms with Crippen LogP contribution in [0.2, 0.25) is 0 Å². The predicted molar refractivity (Wildman–Crippen MR) is 265 cm³/mol. The molecule has 0 aromatic heterocycles. The molecule has 0 unspecified atom stereocenters. The Labute approximate surface area is 373 Å².